The van der Waals surface area contributed by atoms with Crippen molar-refractivity contribution in [2.75, 3.05) is 5.32 Å². The number of aromatic nitrogens is 2. The van der Waals surface area contributed by atoms with Gasteiger partial charge in [0, 0.05) is 24.1 Å². The maximum atomic E-state index is 12.4. The molecule has 2 amide bonds. The maximum absolute atomic E-state index is 12.4. The van der Waals surface area contributed by atoms with Crippen molar-refractivity contribution < 1.29 is 9.59 Å². The van der Waals surface area contributed by atoms with Gasteiger partial charge >= 0.3 is 0 Å². The van der Waals surface area contributed by atoms with E-state index in [-0.39, 0.29) is 17.9 Å². The summed E-state index contributed by atoms with van der Waals surface area (Å²) in [5, 5.41) is 10.6. The van der Waals surface area contributed by atoms with E-state index in [2.05, 4.69) is 15.7 Å². The second-order valence-electron chi connectivity index (χ2n) is 7.60. The average molecular weight is 405 g/mol. The number of carbonyl (C=O) groups excluding carboxylic acids is 2. The maximum Gasteiger partial charge on any atom is 0.251 e. The summed E-state index contributed by atoms with van der Waals surface area (Å²) in [4.78, 5) is 24.3. The minimum absolute atomic E-state index is 0.102. The molecule has 0 bridgehead atoms. The first-order valence-electron chi connectivity index (χ1n) is 10.2. The first-order valence-corrected chi connectivity index (χ1v) is 10.2. The summed E-state index contributed by atoms with van der Waals surface area (Å²) in [6.45, 7) is 9.45. The van der Waals surface area contributed by atoms with Crippen molar-refractivity contribution in [3.05, 3.63) is 65.4 Å². The molecule has 0 saturated carbocycles. The van der Waals surface area contributed by atoms with Crippen LogP contribution in [-0.4, -0.2) is 27.6 Å². The molecule has 3 rings (SSSR count). The lowest BCUT2D eigenvalue weighted by Gasteiger charge is -2.13. The third-order valence-corrected chi connectivity index (χ3v) is 5.06. The van der Waals surface area contributed by atoms with E-state index in [9.17, 15) is 9.59 Å². The van der Waals surface area contributed by atoms with Gasteiger partial charge in [0.15, 0.2) is 0 Å². The topological polar surface area (TPSA) is 76.0 Å². The molecule has 30 heavy (non-hydrogen) atoms. The SMILES string of the molecule is CC[C@H](C)NC(=O)c1ccc(-n2nc(C)c(-c3ccc(C)cc3)c2NC(C)=O)cc1. The van der Waals surface area contributed by atoms with Gasteiger partial charge in [0.2, 0.25) is 5.91 Å². The van der Waals surface area contributed by atoms with Crippen LogP contribution >= 0.6 is 0 Å². The lowest BCUT2D eigenvalue weighted by molar-refractivity contribution is -0.114. The van der Waals surface area contributed by atoms with Gasteiger partial charge in [-0.1, -0.05) is 36.8 Å². The predicted molar refractivity (Wildman–Crippen MR) is 120 cm³/mol. The van der Waals surface area contributed by atoms with Gasteiger partial charge in [0.25, 0.3) is 5.91 Å². The van der Waals surface area contributed by atoms with Crippen LogP contribution in [0.1, 0.15) is 48.8 Å². The first kappa shape index (κ1) is 21.3. The van der Waals surface area contributed by atoms with Crippen molar-refractivity contribution in [1.82, 2.24) is 15.1 Å². The van der Waals surface area contributed by atoms with Gasteiger partial charge in [0.05, 0.1) is 11.4 Å². The number of hydrogen-bond donors (Lipinski definition) is 2. The predicted octanol–water partition coefficient (Wildman–Crippen LogP) is 4.64. The summed E-state index contributed by atoms with van der Waals surface area (Å²) < 4.78 is 1.71. The zero-order valence-corrected chi connectivity index (χ0v) is 18.1. The fraction of sp³-hybridized carbons (Fsp3) is 0.292. The summed E-state index contributed by atoms with van der Waals surface area (Å²) in [7, 11) is 0. The van der Waals surface area contributed by atoms with E-state index < -0.39 is 0 Å². The summed E-state index contributed by atoms with van der Waals surface area (Å²) in [6.07, 6.45) is 0.873. The zero-order chi connectivity index (χ0) is 21.8. The van der Waals surface area contributed by atoms with Crippen molar-refractivity contribution in [2.45, 2.75) is 47.1 Å². The van der Waals surface area contributed by atoms with Crippen LogP contribution in [0.15, 0.2) is 48.5 Å². The minimum Gasteiger partial charge on any atom is -0.350 e. The van der Waals surface area contributed by atoms with Gasteiger partial charge in [-0.3, -0.25) is 9.59 Å². The molecular weight excluding hydrogens is 376 g/mol. The molecule has 0 unspecified atom stereocenters. The van der Waals surface area contributed by atoms with Crippen molar-refractivity contribution in [3.63, 3.8) is 0 Å². The van der Waals surface area contributed by atoms with E-state index in [1.807, 2.05) is 64.1 Å². The van der Waals surface area contributed by atoms with Crippen LogP contribution in [-0.2, 0) is 4.79 Å². The van der Waals surface area contributed by atoms with Crippen LogP contribution in [0.5, 0.6) is 0 Å². The number of benzene rings is 2. The lowest BCUT2D eigenvalue weighted by atomic mass is 10.0. The molecule has 2 aromatic carbocycles. The van der Waals surface area contributed by atoms with E-state index in [0.29, 0.717) is 11.4 Å². The summed E-state index contributed by atoms with van der Waals surface area (Å²) >= 11 is 0. The third kappa shape index (κ3) is 4.59. The summed E-state index contributed by atoms with van der Waals surface area (Å²) in [6, 6.07) is 15.5. The van der Waals surface area contributed by atoms with Gasteiger partial charge in [0.1, 0.15) is 5.82 Å². The Hall–Kier alpha value is -3.41. The number of nitrogens with one attached hydrogen (secondary N) is 2. The molecule has 0 fully saturated rings. The number of anilines is 1. The highest BCUT2D eigenvalue weighted by Crippen LogP contribution is 2.33. The molecule has 0 saturated heterocycles. The molecule has 2 N–H and O–H groups in total. The number of carbonyl (C=O) groups is 2. The van der Waals surface area contributed by atoms with Crippen LogP contribution < -0.4 is 10.6 Å². The highest BCUT2D eigenvalue weighted by Gasteiger charge is 2.19. The zero-order valence-electron chi connectivity index (χ0n) is 18.1. The van der Waals surface area contributed by atoms with Gasteiger partial charge < -0.3 is 10.6 Å². The fourth-order valence-electron chi connectivity index (χ4n) is 3.23. The highest BCUT2D eigenvalue weighted by atomic mass is 16.2. The number of aryl methyl sites for hydroxylation is 2. The third-order valence-electron chi connectivity index (χ3n) is 5.06. The molecule has 0 radical (unpaired) electrons. The molecule has 0 aliphatic carbocycles. The van der Waals surface area contributed by atoms with Crippen LogP contribution in [0.2, 0.25) is 0 Å². The molecule has 156 valence electrons. The normalized spacial score (nSPS) is 11.8. The molecule has 1 aromatic heterocycles. The number of amides is 2. The molecular formula is C24H28N4O2. The lowest BCUT2D eigenvalue weighted by Crippen LogP contribution is -2.31. The highest BCUT2D eigenvalue weighted by molar-refractivity contribution is 5.95. The molecule has 3 aromatic rings. The van der Waals surface area contributed by atoms with E-state index in [1.54, 1.807) is 16.8 Å². The molecule has 6 heteroatoms. The average Bonchev–Trinajstić information content (AvgIpc) is 3.03. The number of rotatable bonds is 6. The summed E-state index contributed by atoms with van der Waals surface area (Å²) in [5.74, 6) is 0.338. The van der Waals surface area contributed by atoms with Crippen LogP contribution in [0.25, 0.3) is 16.8 Å². The Labute approximate surface area is 177 Å². The molecule has 0 aliphatic heterocycles. The van der Waals surface area contributed by atoms with E-state index in [1.165, 1.54) is 6.92 Å². The monoisotopic (exact) mass is 404 g/mol. The largest absolute Gasteiger partial charge is 0.350 e. The Bertz CT molecular complexity index is 1050. The van der Waals surface area contributed by atoms with E-state index in [4.69, 9.17) is 0 Å². The van der Waals surface area contributed by atoms with Crippen molar-refractivity contribution in [1.29, 1.82) is 0 Å². The molecule has 1 heterocycles. The molecule has 6 nitrogen and oxygen atoms in total. The molecule has 1 atom stereocenters. The number of nitrogens with zero attached hydrogens (tertiary/aromatic N) is 2. The van der Waals surface area contributed by atoms with Gasteiger partial charge in [-0.25, -0.2) is 4.68 Å². The summed E-state index contributed by atoms with van der Waals surface area (Å²) in [5.41, 5.74) is 5.18. The quantitative estimate of drug-likeness (QED) is 0.628. The first-order chi connectivity index (χ1) is 14.3. The van der Waals surface area contributed by atoms with Crippen LogP contribution in [0, 0.1) is 13.8 Å². The Morgan fingerprint density at radius 2 is 1.67 bits per heavy atom. The Morgan fingerprint density at radius 3 is 2.23 bits per heavy atom. The Kier molecular flexibility index (Phi) is 6.35. The minimum atomic E-state index is -0.172. The standard InChI is InChI=1S/C24H28N4O2/c1-6-16(3)25-24(30)20-11-13-21(14-12-20)28-23(26-18(5)29)22(17(4)27-28)19-9-7-15(2)8-10-19/h7-14,16H,6H2,1-5H3,(H,25,30)(H,26,29)/t16-/m0/s1. The van der Waals surface area contributed by atoms with Crippen molar-refractivity contribution in [2.24, 2.45) is 0 Å². The Balaban J connectivity index is 2.01. The van der Waals surface area contributed by atoms with Crippen LogP contribution in [0.4, 0.5) is 5.82 Å². The van der Waals surface area contributed by atoms with Gasteiger partial charge in [-0.15, -0.1) is 0 Å². The smallest absolute Gasteiger partial charge is 0.251 e. The van der Waals surface area contributed by atoms with E-state index in [0.717, 1.165) is 34.5 Å². The fourth-order valence-corrected chi connectivity index (χ4v) is 3.23. The van der Waals surface area contributed by atoms with E-state index >= 15 is 0 Å². The molecule has 0 aliphatic rings. The van der Waals surface area contributed by atoms with Crippen molar-refractivity contribution >= 4 is 17.6 Å². The Morgan fingerprint density at radius 1 is 1.03 bits per heavy atom. The van der Waals surface area contributed by atoms with Crippen molar-refractivity contribution in [3.8, 4) is 16.8 Å². The molecule has 0 spiro atoms. The van der Waals surface area contributed by atoms with Gasteiger partial charge in [-0.05, 0) is 57.0 Å². The second-order valence-corrected chi connectivity index (χ2v) is 7.60. The second kappa shape index (κ2) is 8.95. The number of hydrogen-bond acceptors (Lipinski definition) is 3. The van der Waals surface area contributed by atoms with Crippen LogP contribution in [0.3, 0.4) is 0 Å². The van der Waals surface area contributed by atoms with Gasteiger partial charge in [-0.2, -0.15) is 5.10 Å².